The third kappa shape index (κ3) is 3.36. The maximum absolute atomic E-state index is 12.5. The number of hydrogen-bond acceptors (Lipinski definition) is 1. The molecule has 0 spiro atoms. The smallest absolute Gasteiger partial charge is 0.380 e. The fourth-order valence-corrected chi connectivity index (χ4v) is 1.30. The quantitative estimate of drug-likeness (QED) is 0.731. The Morgan fingerprint density at radius 3 is 2.00 bits per heavy atom. The molecule has 0 aliphatic carbocycles. The lowest BCUT2D eigenvalue weighted by Gasteiger charge is -2.15. The molecular weight excluding hydrogens is 250 g/mol. The van der Waals surface area contributed by atoms with Gasteiger partial charge in [-0.1, -0.05) is 6.07 Å². The molecular formula is C10H8F6O. The number of hydrogen-bond donors (Lipinski definition) is 0. The van der Waals surface area contributed by atoms with Crippen LogP contribution in [0.3, 0.4) is 0 Å². The molecule has 0 heterocycles. The van der Waals surface area contributed by atoms with Gasteiger partial charge in [-0.05, 0) is 17.7 Å². The van der Waals surface area contributed by atoms with E-state index in [0.29, 0.717) is 6.07 Å². The first-order chi connectivity index (χ1) is 7.66. The van der Waals surface area contributed by atoms with Crippen LogP contribution in [0.15, 0.2) is 18.2 Å². The normalized spacial score (nSPS) is 12.9. The van der Waals surface area contributed by atoms with Gasteiger partial charge >= 0.3 is 12.4 Å². The molecule has 0 fully saturated rings. The highest BCUT2D eigenvalue weighted by Gasteiger charge is 2.37. The van der Waals surface area contributed by atoms with Gasteiger partial charge in [0.2, 0.25) is 0 Å². The molecule has 1 aromatic rings. The predicted octanol–water partition coefficient (Wildman–Crippen LogP) is 3.87. The van der Waals surface area contributed by atoms with E-state index in [0.717, 1.165) is 13.2 Å². The summed E-state index contributed by atoms with van der Waals surface area (Å²) < 4.78 is 78.9. The van der Waals surface area contributed by atoms with Crippen LogP contribution in [-0.4, -0.2) is 7.11 Å². The highest BCUT2D eigenvalue weighted by molar-refractivity contribution is 5.35. The fourth-order valence-electron chi connectivity index (χ4n) is 1.30. The lowest BCUT2D eigenvalue weighted by atomic mass is 10.0. The van der Waals surface area contributed by atoms with Gasteiger partial charge in [-0.15, -0.1) is 0 Å². The van der Waals surface area contributed by atoms with Crippen LogP contribution in [0.2, 0.25) is 0 Å². The molecule has 0 aromatic heterocycles. The number of benzene rings is 1. The molecule has 1 nitrogen and oxygen atoms in total. The van der Waals surface area contributed by atoms with Gasteiger partial charge in [0.05, 0.1) is 17.7 Å². The lowest BCUT2D eigenvalue weighted by molar-refractivity contribution is -0.143. The Balaban J connectivity index is 3.30. The summed E-state index contributed by atoms with van der Waals surface area (Å²) in [6, 6.07) is 1.47. The van der Waals surface area contributed by atoms with Gasteiger partial charge in [0.1, 0.15) is 0 Å². The van der Waals surface area contributed by atoms with Crippen LogP contribution in [-0.2, 0) is 23.7 Å². The topological polar surface area (TPSA) is 9.23 Å². The highest BCUT2D eigenvalue weighted by Crippen LogP contribution is 2.37. The van der Waals surface area contributed by atoms with Crippen molar-refractivity contribution in [1.29, 1.82) is 0 Å². The molecule has 1 rings (SSSR count). The third-order valence-corrected chi connectivity index (χ3v) is 2.04. The second-order valence-corrected chi connectivity index (χ2v) is 3.30. The van der Waals surface area contributed by atoms with Crippen molar-refractivity contribution in [2.24, 2.45) is 0 Å². The molecule has 17 heavy (non-hydrogen) atoms. The molecule has 0 unspecified atom stereocenters. The van der Waals surface area contributed by atoms with Gasteiger partial charge in [0, 0.05) is 7.11 Å². The second-order valence-electron chi connectivity index (χ2n) is 3.30. The molecule has 7 heteroatoms. The van der Waals surface area contributed by atoms with E-state index in [1.807, 2.05) is 0 Å². The van der Waals surface area contributed by atoms with Crippen molar-refractivity contribution in [3.8, 4) is 0 Å². The van der Waals surface area contributed by atoms with Crippen LogP contribution >= 0.6 is 0 Å². The Hall–Kier alpha value is -1.24. The van der Waals surface area contributed by atoms with E-state index < -0.39 is 30.1 Å². The summed E-state index contributed by atoms with van der Waals surface area (Å²) in [6.07, 6.45) is -9.64. The SMILES string of the molecule is COCc1ccc(C(F)(F)F)cc1C(F)(F)F. The maximum atomic E-state index is 12.5. The standard InChI is InChI=1S/C10H8F6O/c1-17-5-6-2-3-7(9(11,12)13)4-8(6)10(14,15)16/h2-4H,5H2,1H3. The van der Waals surface area contributed by atoms with Crippen molar-refractivity contribution in [2.75, 3.05) is 7.11 Å². The number of alkyl halides is 6. The van der Waals surface area contributed by atoms with Gasteiger partial charge in [0.25, 0.3) is 0 Å². The van der Waals surface area contributed by atoms with Crippen molar-refractivity contribution >= 4 is 0 Å². The van der Waals surface area contributed by atoms with Crippen molar-refractivity contribution in [3.63, 3.8) is 0 Å². The summed E-state index contributed by atoms with van der Waals surface area (Å²) >= 11 is 0. The van der Waals surface area contributed by atoms with E-state index in [9.17, 15) is 26.3 Å². The first-order valence-corrected chi connectivity index (χ1v) is 4.42. The average molecular weight is 258 g/mol. The van der Waals surface area contributed by atoms with Crippen molar-refractivity contribution in [3.05, 3.63) is 34.9 Å². The summed E-state index contributed by atoms with van der Waals surface area (Å²) in [5.41, 5.74) is -2.98. The zero-order chi connectivity index (χ0) is 13.3. The summed E-state index contributed by atoms with van der Waals surface area (Å²) in [5.74, 6) is 0. The third-order valence-electron chi connectivity index (χ3n) is 2.04. The highest BCUT2D eigenvalue weighted by atomic mass is 19.4. The summed E-state index contributed by atoms with van der Waals surface area (Å²) in [6.45, 7) is -0.396. The summed E-state index contributed by atoms with van der Waals surface area (Å²) in [4.78, 5) is 0. The van der Waals surface area contributed by atoms with Crippen LogP contribution in [0.4, 0.5) is 26.3 Å². The number of methoxy groups -OCH3 is 1. The number of rotatable bonds is 2. The molecule has 96 valence electrons. The summed E-state index contributed by atoms with van der Waals surface area (Å²) in [5, 5.41) is 0. The molecule has 0 atom stereocenters. The van der Waals surface area contributed by atoms with Crippen LogP contribution in [0, 0.1) is 0 Å². The second kappa shape index (κ2) is 4.56. The van der Waals surface area contributed by atoms with Gasteiger partial charge in [0.15, 0.2) is 0 Å². The van der Waals surface area contributed by atoms with Crippen LogP contribution in [0.5, 0.6) is 0 Å². The summed E-state index contributed by atoms with van der Waals surface area (Å²) in [7, 11) is 1.16. The zero-order valence-electron chi connectivity index (χ0n) is 8.62. The van der Waals surface area contributed by atoms with Crippen molar-refractivity contribution in [1.82, 2.24) is 0 Å². The van der Waals surface area contributed by atoms with E-state index in [4.69, 9.17) is 0 Å². The molecule has 0 saturated heterocycles. The molecule has 0 amide bonds. The zero-order valence-corrected chi connectivity index (χ0v) is 8.62. The van der Waals surface area contributed by atoms with Crippen LogP contribution < -0.4 is 0 Å². The minimum atomic E-state index is -4.84. The van der Waals surface area contributed by atoms with Crippen molar-refractivity contribution < 1.29 is 31.1 Å². The minimum absolute atomic E-state index is 0.0916. The molecule has 0 N–H and O–H groups in total. The molecule has 0 bridgehead atoms. The Labute approximate surface area is 93.0 Å². The number of ether oxygens (including phenoxy) is 1. The van der Waals surface area contributed by atoms with Crippen molar-refractivity contribution in [2.45, 2.75) is 19.0 Å². The largest absolute Gasteiger partial charge is 0.416 e. The van der Waals surface area contributed by atoms with Gasteiger partial charge in [-0.25, -0.2) is 0 Å². The molecule has 0 aliphatic heterocycles. The van der Waals surface area contributed by atoms with E-state index in [2.05, 4.69) is 4.74 Å². The van der Waals surface area contributed by atoms with Gasteiger partial charge < -0.3 is 4.74 Å². The monoisotopic (exact) mass is 258 g/mol. The first kappa shape index (κ1) is 13.8. The average Bonchev–Trinajstić information content (AvgIpc) is 2.15. The van der Waals surface area contributed by atoms with E-state index in [1.165, 1.54) is 0 Å². The predicted molar refractivity (Wildman–Crippen MR) is 47.2 cm³/mol. The van der Waals surface area contributed by atoms with E-state index in [1.54, 1.807) is 0 Å². The maximum Gasteiger partial charge on any atom is 0.416 e. The van der Waals surface area contributed by atoms with E-state index in [-0.39, 0.29) is 11.6 Å². The Bertz CT molecular complexity index is 393. The first-order valence-electron chi connectivity index (χ1n) is 4.42. The Morgan fingerprint density at radius 2 is 1.59 bits per heavy atom. The molecule has 0 saturated carbocycles. The Kier molecular flexibility index (Phi) is 3.71. The Morgan fingerprint density at radius 1 is 1.00 bits per heavy atom. The van der Waals surface area contributed by atoms with Crippen LogP contribution in [0.1, 0.15) is 16.7 Å². The van der Waals surface area contributed by atoms with Gasteiger partial charge in [-0.3, -0.25) is 0 Å². The lowest BCUT2D eigenvalue weighted by Crippen LogP contribution is -2.13. The molecule has 0 radical (unpaired) electrons. The fraction of sp³-hybridized carbons (Fsp3) is 0.400. The van der Waals surface area contributed by atoms with E-state index >= 15 is 0 Å². The van der Waals surface area contributed by atoms with Crippen LogP contribution in [0.25, 0.3) is 0 Å². The minimum Gasteiger partial charge on any atom is -0.380 e. The molecule has 0 aliphatic rings. The number of halogens is 6. The molecule has 1 aromatic carbocycles. The van der Waals surface area contributed by atoms with Gasteiger partial charge in [-0.2, -0.15) is 26.3 Å².